The molecule has 1 amide bonds. The maximum Gasteiger partial charge on any atom is 0.416 e. The number of hydrogen-bond acceptors (Lipinski definition) is 1. The molecule has 1 aromatic carbocycles. The lowest BCUT2D eigenvalue weighted by Crippen LogP contribution is -2.16. The maximum absolute atomic E-state index is 12.8. The molecular formula is C18H18Cl2F3NO. The Labute approximate surface area is 154 Å². The van der Waals surface area contributed by atoms with Crippen molar-refractivity contribution in [2.24, 2.45) is 29.6 Å². The van der Waals surface area contributed by atoms with Crippen LogP contribution in [0.15, 0.2) is 24.3 Å². The molecule has 1 unspecified atom stereocenters. The summed E-state index contributed by atoms with van der Waals surface area (Å²) in [4.78, 5) is 12.5. The smallest absolute Gasteiger partial charge is 0.326 e. The number of anilines is 1. The molecule has 3 aliphatic carbocycles. The zero-order valence-electron chi connectivity index (χ0n) is 13.3. The van der Waals surface area contributed by atoms with E-state index >= 15 is 0 Å². The van der Waals surface area contributed by atoms with Gasteiger partial charge in [0, 0.05) is 11.6 Å². The zero-order chi connectivity index (χ0) is 18.0. The largest absolute Gasteiger partial charge is 0.416 e. The van der Waals surface area contributed by atoms with Gasteiger partial charge in [-0.05, 0) is 67.6 Å². The van der Waals surface area contributed by atoms with Gasteiger partial charge in [0.25, 0.3) is 0 Å². The quantitative estimate of drug-likeness (QED) is 0.662. The van der Waals surface area contributed by atoms with E-state index in [1.165, 1.54) is 12.1 Å². The van der Waals surface area contributed by atoms with Gasteiger partial charge in [0.15, 0.2) is 0 Å². The van der Waals surface area contributed by atoms with Gasteiger partial charge in [-0.2, -0.15) is 13.2 Å². The first-order valence-electron chi connectivity index (χ1n) is 8.55. The van der Waals surface area contributed by atoms with Crippen molar-refractivity contribution in [3.63, 3.8) is 0 Å². The number of halogens is 5. The topological polar surface area (TPSA) is 29.1 Å². The van der Waals surface area contributed by atoms with Gasteiger partial charge in [-0.1, -0.05) is 6.07 Å². The molecular weight excluding hydrogens is 374 g/mol. The van der Waals surface area contributed by atoms with E-state index in [4.69, 9.17) is 23.2 Å². The van der Waals surface area contributed by atoms with Gasteiger partial charge >= 0.3 is 6.18 Å². The molecule has 3 aliphatic rings. The first kappa shape index (κ1) is 17.5. The average Bonchev–Trinajstić information content (AvgIpc) is 3.31. The van der Waals surface area contributed by atoms with Crippen LogP contribution in [0.1, 0.15) is 31.2 Å². The van der Waals surface area contributed by atoms with E-state index in [0.29, 0.717) is 23.7 Å². The Balaban J connectivity index is 1.39. The number of alkyl halides is 5. The lowest BCUT2D eigenvalue weighted by molar-refractivity contribution is -0.137. The molecule has 1 N–H and O–H groups in total. The van der Waals surface area contributed by atoms with Crippen LogP contribution in [0.5, 0.6) is 0 Å². The minimum Gasteiger partial charge on any atom is -0.326 e. The van der Waals surface area contributed by atoms with Crippen LogP contribution in [0.3, 0.4) is 0 Å². The molecule has 0 aliphatic heterocycles. The molecule has 2 nitrogen and oxygen atoms in total. The Morgan fingerprint density at radius 2 is 1.68 bits per heavy atom. The molecule has 0 radical (unpaired) electrons. The molecule has 0 bridgehead atoms. The normalized spacial score (nSPS) is 35.6. The van der Waals surface area contributed by atoms with Gasteiger partial charge in [0.2, 0.25) is 5.91 Å². The highest BCUT2D eigenvalue weighted by molar-refractivity contribution is 6.51. The average molecular weight is 392 g/mol. The number of nitrogens with one attached hydrogen (secondary N) is 1. The van der Waals surface area contributed by atoms with Crippen LogP contribution < -0.4 is 5.32 Å². The lowest BCUT2D eigenvalue weighted by Gasteiger charge is -2.10. The second kappa shape index (κ2) is 5.78. The molecule has 0 heterocycles. The Morgan fingerprint density at radius 3 is 2.24 bits per heavy atom. The number of carbonyl (C=O) groups excluding carboxylic acids is 1. The van der Waals surface area contributed by atoms with Gasteiger partial charge in [0.1, 0.15) is 4.33 Å². The van der Waals surface area contributed by atoms with Crippen LogP contribution >= 0.6 is 23.2 Å². The Kier molecular flexibility index (Phi) is 4.04. The SMILES string of the molecule is O=C(Nc1cccc(C(F)(F)F)c1)C1[C@H]2CC[C@@H]3[C@H](CC[C@@H]12)C3(Cl)Cl. The van der Waals surface area contributed by atoms with Crippen molar-refractivity contribution < 1.29 is 18.0 Å². The van der Waals surface area contributed by atoms with Crippen molar-refractivity contribution >= 4 is 34.8 Å². The summed E-state index contributed by atoms with van der Waals surface area (Å²) >= 11 is 12.5. The number of amides is 1. The molecule has 7 heteroatoms. The van der Waals surface area contributed by atoms with Crippen LogP contribution in [0.4, 0.5) is 18.9 Å². The van der Waals surface area contributed by atoms with E-state index in [1.807, 2.05) is 0 Å². The van der Waals surface area contributed by atoms with E-state index in [0.717, 1.165) is 37.8 Å². The van der Waals surface area contributed by atoms with Crippen molar-refractivity contribution in [2.45, 2.75) is 36.2 Å². The van der Waals surface area contributed by atoms with Crippen molar-refractivity contribution in [1.29, 1.82) is 0 Å². The lowest BCUT2D eigenvalue weighted by atomic mass is 10.0. The highest BCUT2D eigenvalue weighted by Crippen LogP contribution is 2.67. The predicted octanol–water partition coefficient (Wildman–Crippen LogP) is 5.50. The molecule has 3 fully saturated rings. The first-order valence-corrected chi connectivity index (χ1v) is 9.31. The van der Waals surface area contributed by atoms with E-state index in [-0.39, 0.29) is 17.5 Å². The third-order valence-electron chi connectivity index (χ3n) is 6.08. The summed E-state index contributed by atoms with van der Waals surface area (Å²) in [7, 11) is 0. The van der Waals surface area contributed by atoms with E-state index in [9.17, 15) is 18.0 Å². The Bertz CT molecular complexity index is 684. The van der Waals surface area contributed by atoms with Crippen LogP contribution in [0.2, 0.25) is 0 Å². The molecule has 1 aromatic rings. The fourth-order valence-electron chi connectivity index (χ4n) is 4.61. The fraction of sp³-hybridized carbons (Fsp3) is 0.611. The van der Waals surface area contributed by atoms with Crippen molar-refractivity contribution in [3.8, 4) is 0 Å². The minimum atomic E-state index is -4.42. The summed E-state index contributed by atoms with van der Waals surface area (Å²) < 4.78 is 37.7. The number of benzene rings is 1. The van der Waals surface area contributed by atoms with Gasteiger partial charge in [0.05, 0.1) is 5.56 Å². The van der Waals surface area contributed by atoms with Crippen molar-refractivity contribution in [1.82, 2.24) is 0 Å². The van der Waals surface area contributed by atoms with Crippen LogP contribution in [-0.2, 0) is 11.0 Å². The number of hydrogen-bond donors (Lipinski definition) is 1. The fourth-order valence-corrected chi connectivity index (χ4v) is 5.53. The van der Waals surface area contributed by atoms with Gasteiger partial charge in [-0.15, -0.1) is 23.2 Å². The van der Waals surface area contributed by atoms with Crippen molar-refractivity contribution in [3.05, 3.63) is 29.8 Å². The van der Waals surface area contributed by atoms with Crippen LogP contribution in [0.25, 0.3) is 0 Å². The highest BCUT2D eigenvalue weighted by Gasteiger charge is 2.65. The molecule has 0 spiro atoms. The summed E-state index contributed by atoms with van der Waals surface area (Å²) in [6, 6.07) is 4.77. The first-order chi connectivity index (χ1) is 11.7. The molecule has 136 valence electrons. The third kappa shape index (κ3) is 3.14. The second-order valence-electron chi connectivity index (χ2n) is 7.46. The molecule has 4 rings (SSSR count). The summed E-state index contributed by atoms with van der Waals surface area (Å²) in [5.41, 5.74) is -0.560. The molecule has 5 atom stereocenters. The van der Waals surface area contributed by atoms with E-state index in [2.05, 4.69) is 5.32 Å². The van der Waals surface area contributed by atoms with E-state index in [1.54, 1.807) is 0 Å². The van der Waals surface area contributed by atoms with Crippen LogP contribution in [-0.4, -0.2) is 10.2 Å². The molecule has 0 saturated heterocycles. The predicted molar refractivity (Wildman–Crippen MR) is 90.4 cm³/mol. The number of rotatable bonds is 2. The number of fused-ring (bicyclic) bond motifs is 2. The van der Waals surface area contributed by atoms with Gasteiger partial charge in [-0.25, -0.2) is 0 Å². The number of carbonyl (C=O) groups is 1. The summed E-state index contributed by atoms with van der Waals surface area (Å²) in [6.07, 6.45) is -0.749. The van der Waals surface area contributed by atoms with Crippen molar-refractivity contribution in [2.75, 3.05) is 5.32 Å². The molecule has 3 saturated carbocycles. The van der Waals surface area contributed by atoms with Gasteiger partial charge < -0.3 is 5.32 Å². The highest BCUT2D eigenvalue weighted by atomic mass is 35.5. The minimum absolute atomic E-state index is 0.105. The summed E-state index contributed by atoms with van der Waals surface area (Å²) in [6.45, 7) is 0. The second-order valence-corrected chi connectivity index (χ2v) is 8.91. The molecule has 25 heavy (non-hydrogen) atoms. The van der Waals surface area contributed by atoms with E-state index < -0.39 is 16.1 Å². The molecule has 0 aromatic heterocycles. The maximum atomic E-state index is 12.8. The summed E-state index contributed by atoms with van der Waals surface area (Å²) in [5, 5.41) is 2.66. The Morgan fingerprint density at radius 1 is 1.08 bits per heavy atom. The Hall–Kier alpha value is -0.940. The zero-order valence-corrected chi connectivity index (χ0v) is 14.8. The standard InChI is InChI=1S/C18H18Cl2F3NO/c19-17(20)13-6-4-11-12(5-7-14(13)17)15(11)16(25)24-10-3-1-2-9(8-10)18(21,22)23/h1-3,8,11-15H,4-7H2,(H,24,25)/t11-,12+,13+,14-,15?. The summed E-state index contributed by atoms with van der Waals surface area (Å²) in [5.74, 6) is 0.974. The van der Waals surface area contributed by atoms with Crippen LogP contribution in [0, 0.1) is 29.6 Å². The monoisotopic (exact) mass is 391 g/mol. The third-order valence-corrected chi connectivity index (χ3v) is 7.20. The van der Waals surface area contributed by atoms with Gasteiger partial charge in [-0.3, -0.25) is 4.79 Å².